The second-order valence-corrected chi connectivity index (χ2v) is 10.3. The summed E-state index contributed by atoms with van der Waals surface area (Å²) in [6.07, 6.45) is 2.74. The van der Waals surface area contributed by atoms with Gasteiger partial charge in [0.25, 0.3) is 0 Å². The van der Waals surface area contributed by atoms with Crippen LogP contribution in [-0.2, 0) is 33.7 Å². The summed E-state index contributed by atoms with van der Waals surface area (Å²) in [6.45, 7) is 2.68. The number of nitrogens with one attached hydrogen (secondary N) is 2. The number of hydrogen-bond acceptors (Lipinski definition) is 7. The van der Waals surface area contributed by atoms with E-state index in [1.54, 1.807) is 18.2 Å². The van der Waals surface area contributed by atoms with Crippen LogP contribution in [0, 0.1) is 5.92 Å². The highest BCUT2D eigenvalue weighted by atomic mass is 19.4. The normalized spacial score (nSPS) is 16.9. The number of benzene rings is 1. The van der Waals surface area contributed by atoms with Gasteiger partial charge in [-0.3, -0.25) is 9.59 Å². The second kappa shape index (κ2) is 13.8. The van der Waals surface area contributed by atoms with Gasteiger partial charge in [0.1, 0.15) is 12.3 Å². The van der Waals surface area contributed by atoms with Gasteiger partial charge in [-0.15, -0.1) is 0 Å². The molecule has 0 radical (unpaired) electrons. The Labute approximate surface area is 232 Å². The van der Waals surface area contributed by atoms with Crippen LogP contribution in [-0.4, -0.2) is 65.5 Å². The van der Waals surface area contributed by atoms with Crippen LogP contribution < -0.4 is 15.5 Å². The van der Waals surface area contributed by atoms with Gasteiger partial charge in [-0.2, -0.15) is 13.2 Å². The van der Waals surface area contributed by atoms with E-state index < -0.39 is 30.5 Å². The zero-order valence-electron chi connectivity index (χ0n) is 22.9. The van der Waals surface area contributed by atoms with Crippen molar-refractivity contribution in [1.82, 2.24) is 14.6 Å². The molecule has 2 aliphatic rings. The van der Waals surface area contributed by atoms with E-state index in [1.807, 2.05) is 10.9 Å². The molecule has 220 valence electrons. The first-order valence-corrected chi connectivity index (χ1v) is 14.0. The predicted octanol–water partition coefficient (Wildman–Crippen LogP) is 4.44. The minimum Gasteiger partial charge on any atom is -0.493 e. The average Bonchev–Trinajstić information content (AvgIpc) is 3.28. The molecule has 2 N–H and O–H groups in total. The van der Waals surface area contributed by atoms with E-state index >= 15 is 0 Å². The number of ether oxygens (including phenoxy) is 2. The van der Waals surface area contributed by atoms with Gasteiger partial charge in [0.2, 0.25) is 11.9 Å². The van der Waals surface area contributed by atoms with Gasteiger partial charge in [-0.25, -0.2) is 9.66 Å². The number of imidazole rings is 1. The van der Waals surface area contributed by atoms with Gasteiger partial charge in [0, 0.05) is 26.1 Å². The van der Waals surface area contributed by atoms with E-state index in [4.69, 9.17) is 9.47 Å². The van der Waals surface area contributed by atoms with Gasteiger partial charge in [0.15, 0.2) is 0 Å². The Morgan fingerprint density at radius 1 is 1.12 bits per heavy atom. The predicted molar refractivity (Wildman–Crippen MR) is 144 cm³/mol. The van der Waals surface area contributed by atoms with Gasteiger partial charge in [-0.05, 0) is 36.1 Å². The molecule has 1 aromatic heterocycles. The van der Waals surface area contributed by atoms with E-state index in [9.17, 15) is 22.8 Å². The molecule has 0 saturated carbocycles. The molecule has 0 saturated heterocycles. The number of anilines is 1. The highest BCUT2D eigenvalue weighted by molar-refractivity contribution is 5.84. The summed E-state index contributed by atoms with van der Waals surface area (Å²) in [5.41, 5.74) is 5.34. The largest absolute Gasteiger partial charge is 0.493 e. The monoisotopic (exact) mass is 565 g/mol. The van der Waals surface area contributed by atoms with Crippen LogP contribution in [0.5, 0.6) is 5.75 Å². The number of carbonyl (C=O) groups is 2. The standard InChI is InChI=1S/C28H38F3N5O4/c1-2-3-4-5-6-12-40-25(37)16-21-14-20-7-8-24(15-22(20)17-35(26(21)38)19-28(29,30)31)39-13-9-23-18-36-27(34-23)32-10-11-33-36/h7-8,15,18,21,33H,2-6,9-14,16-17,19H2,1H3,(H,32,34)/t21-/m0/s1. The van der Waals surface area contributed by atoms with E-state index in [2.05, 4.69) is 22.7 Å². The number of amides is 1. The fourth-order valence-electron chi connectivity index (χ4n) is 5.01. The number of rotatable bonds is 13. The maximum atomic E-state index is 13.4. The molecular weight excluding hydrogens is 527 g/mol. The molecule has 2 aromatic rings. The molecule has 0 bridgehead atoms. The highest BCUT2D eigenvalue weighted by Gasteiger charge is 2.38. The number of halogens is 3. The van der Waals surface area contributed by atoms with E-state index in [0.29, 0.717) is 24.3 Å². The Morgan fingerprint density at radius 2 is 1.95 bits per heavy atom. The number of fused-ring (bicyclic) bond motifs is 2. The summed E-state index contributed by atoms with van der Waals surface area (Å²) in [7, 11) is 0. The fourth-order valence-corrected chi connectivity index (χ4v) is 5.01. The van der Waals surface area contributed by atoms with E-state index in [-0.39, 0.29) is 26.0 Å². The number of aromatic nitrogens is 2. The number of hydrogen-bond donors (Lipinski definition) is 2. The zero-order chi connectivity index (χ0) is 28.5. The maximum Gasteiger partial charge on any atom is 0.406 e. The van der Waals surface area contributed by atoms with E-state index in [1.165, 1.54) is 0 Å². The van der Waals surface area contributed by atoms with Crippen LogP contribution in [0.1, 0.15) is 62.3 Å². The van der Waals surface area contributed by atoms with Crippen molar-refractivity contribution in [3.63, 3.8) is 0 Å². The summed E-state index contributed by atoms with van der Waals surface area (Å²) < 4.78 is 53.1. The van der Waals surface area contributed by atoms with Crippen molar-refractivity contribution in [1.29, 1.82) is 0 Å². The van der Waals surface area contributed by atoms with Crippen molar-refractivity contribution in [2.75, 3.05) is 43.6 Å². The summed E-state index contributed by atoms with van der Waals surface area (Å²) in [6, 6.07) is 5.20. The van der Waals surface area contributed by atoms with E-state index in [0.717, 1.165) is 67.3 Å². The maximum absolute atomic E-state index is 13.4. The molecular formula is C28H38F3N5O4. The second-order valence-electron chi connectivity index (χ2n) is 10.3. The summed E-state index contributed by atoms with van der Waals surface area (Å²) in [5.74, 6) is -0.931. The molecule has 40 heavy (non-hydrogen) atoms. The van der Waals surface area contributed by atoms with Crippen LogP contribution in [0.4, 0.5) is 19.1 Å². The lowest BCUT2D eigenvalue weighted by atomic mass is 9.94. The Hall–Kier alpha value is -3.44. The molecule has 4 rings (SSSR count). The molecule has 9 nitrogen and oxygen atoms in total. The number of unbranched alkanes of at least 4 members (excludes halogenated alkanes) is 4. The third kappa shape index (κ3) is 8.53. The Balaban J connectivity index is 1.38. The number of alkyl halides is 3. The molecule has 0 aliphatic carbocycles. The molecule has 1 amide bonds. The molecule has 0 fully saturated rings. The number of carbonyl (C=O) groups excluding carboxylic acids is 2. The number of nitrogens with zero attached hydrogens (tertiary/aromatic N) is 3. The van der Waals surface area contributed by atoms with Gasteiger partial charge >= 0.3 is 12.1 Å². The third-order valence-electron chi connectivity index (χ3n) is 7.03. The fraction of sp³-hybridized carbons (Fsp3) is 0.607. The highest BCUT2D eigenvalue weighted by Crippen LogP contribution is 2.30. The summed E-state index contributed by atoms with van der Waals surface area (Å²) in [5, 5.41) is 3.20. The minimum atomic E-state index is -4.56. The molecule has 12 heteroatoms. The van der Waals surface area contributed by atoms with Crippen LogP contribution in [0.3, 0.4) is 0 Å². The Kier molecular flexibility index (Phi) is 10.2. The Bertz CT molecular complexity index is 1130. The summed E-state index contributed by atoms with van der Waals surface area (Å²) >= 11 is 0. The van der Waals surface area contributed by atoms with Crippen molar-refractivity contribution in [2.24, 2.45) is 5.92 Å². The smallest absolute Gasteiger partial charge is 0.406 e. The van der Waals surface area contributed by atoms with Crippen LogP contribution in [0.2, 0.25) is 0 Å². The minimum absolute atomic E-state index is 0.161. The quantitative estimate of drug-likeness (QED) is 0.274. The molecule has 1 aromatic carbocycles. The van der Waals surface area contributed by atoms with Crippen LogP contribution >= 0.6 is 0 Å². The van der Waals surface area contributed by atoms with Crippen molar-refractivity contribution >= 4 is 17.8 Å². The van der Waals surface area contributed by atoms with Crippen LogP contribution in [0.25, 0.3) is 0 Å². The van der Waals surface area contributed by atoms with Gasteiger partial charge in [-0.1, -0.05) is 38.7 Å². The molecule has 1 atom stereocenters. The lowest BCUT2D eigenvalue weighted by molar-refractivity contribution is -0.165. The molecule has 2 aliphatic heterocycles. The van der Waals surface area contributed by atoms with Gasteiger partial charge < -0.3 is 25.1 Å². The first-order chi connectivity index (χ1) is 19.2. The topological polar surface area (TPSA) is 97.7 Å². The first kappa shape index (κ1) is 29.5. The van der Waals surface area contributed by atoms with Crippen molar-refractivity contribution in [2.45, 2.75) is 71.0 Å². The zero-order valence-corrected chi connectivity index (χ0v) is 22.9. The van der Waals surface area contributed by atoms with Crippen molar-refractivity contribution in [3.05, 3.63) is 41.2 Å². The first-order valence-electron chi connectivity index (χ1n) is 14.0. The molecule has 0 spiro atoms. The third-order valence-corrected chi connectivity index (χ3v) is 7.03. The molecule has 0 unspecified atom stereocenters. The van der Waals surface area contributed by atoms with Gasteiger partial charge in [0.05, 0.1) is 37.4 Å². The average molecular weight is 566 g/mol. The number of esters is 1. The lowest BCUT2D eigenvalue weighted by Crippen LogP contribution is -2.41. The van der Waals surface area contributed by atoms with Crippen molar-refractivity contribution in [3.8, 4) is 5.75 Å². The lowest BCUT2D eigenvalue weighted by Gasteiger charge is -2.25. The summed E-state index contributed by atoms with van der Waals surface area (Å²) in [4.78, 5) is 30.9. The van der Waals surface area contributed by atoms with Crippen molar-refractivity contribution < 1.29 is 32.2 Å². The molecule has 3 heterocycles. The SMILES string of the molecule is CCCCCCCOC(=O)C[C@@H]1Cc2ccc(OCCc3cn4c(n3)NCCN4)cc2CN(CC(F)(F)F)C1=O. The Morgan fingerprint density at radius 3 is 2.73 bits per heavy atom. The van der Waals surface area contributed by atoms with Crippen LogP contribution in [0.15, 0.2) is 24.4 Å².